The van der Waals surface area contributed by atoms with Crippen LogP contribution in [0.5, 0.6) is 0 Å². The molecule has 16 nitrogen and oxygen atoms in total. The van der Waals surface area contributed by atoms with Gasteiger partial charge in [0, 0.05) is 13.0 Å². The number of aliphatic carboxylic acids is 1. The van der Waals surface area contributed by atoms with E-state index in [-0.39, 0.29) is 44.3 Å². The summed E-state index contributed by atoms with van der Waals surface area (Å²) in [5.41, 5.74) is 6.72. The SMILES string of the molecule is CC(C)C[C@H](NC(=O)[C@H](Cc1ccccc1)NC(=O)CNC(=O)[C@H](C)NC(=O)OCc1ccccc1)C(=O)N[C@@H](CCCNC(=N)N)C(=O)O. The fourth-order valence-corrected chi connectivity index (χ4v) is 4.67. The molecule has 50 heavy (non-hydrogen) atoms. The van der Waals surface area contributed by atoms with Crippen molar-refractivity contribution >= 4 is 41.7 Å². The molecule has 4 atom stereocenters. The van der Waals surface area contributed by atoms with Gasteiger partial charge in [-0.3, -0.25) is 24.6 Å². The Labute approximate surface area is 291 Å². The van der Waals surface area contributed by atoms with E-state index >= 15 is 0 Å². The topological polar surface area (TPSA) is 254 Å². The minimum absolute atomic E-state index is 0.00798. The molecule has 0 spiro atoms. The van der Waals surface area contributed by atoms with Crippen LogP contribution in [0.1, 0.15) is 51.2 Å². The third-order valence-corrected chi connectivity index (χ3v) is 7.24. The molecule has 0 bridgehead atoms. The average Bonchev–Trinajstić information content (AvgIpc) is 3.07. The van der Waals surface area contributed by atoms with Crippen molar-refractivity contribution < 1.29 is 38.6 Å². The van der Waals surface area contributed by atoms with Gasteiger partial charge in [-0.25, -0.2) is 9.59 Å². The molecular weight excluding hydrogens is 648 g/mol. The Morgan fingerprint density at radius 1 is 0.760 bits per heavy atom. The summed E-state index contributed by atoms with van der Waals surface area (Å²) in [6, 6.07) is 13.2. The van der Waals surface area contributed by atoms with Gasteiger partial charge in [-0.1, -0.05) is 74.5 Å². The predicted molar refractivity (Wildman–Crippen MR) is 184 cm³/mol. The van der Waals surface area contributed by atoms with E-state index in [0.717, 1.165) is 5.56 Å². The summed E-state index contributed by atoms with van der Waals surface area (Å²) >= 11 is 0. The average molecular weight is 697 g/mol. The van der Waals surface area contributed by atoms with E-state index in [0.29, 0.717) is 12.0 Å². The molecule has 272 valence electrons. The molecular formula is C34H48N8O8. The standard InChI is InChI=1S/C34H48N8O8/c1-21(2)17-26(30(45)41-25(32(47)48)15-10-16-37-33(35)36)42-31(46)27(18-23-11-6-4-7-12-23)40-28(43)19-38-29(44)22(3)39-34(49)50-20-24-13-8-5-9-14-24/h4-9,11-14,21-22,25-27H,10,15-20H2,1-3H3,(H,38,44)(H,39,49)(H,40,43)(H,41,45)(H,42,46)(H,47,48)(H4,35,36,37)/t22-,25-,26-,27-/m0/s1. The molecule has 0 saturated carbocycles. The molecule has 16 heteroatoms. The number of carbonyl (C=O) groups excluding carboxylic acids is 5. The van der Waals surface area contributed by atoms with Crippen molar-refractivity contribution in [1.82, 2.24) is 31.9 Å². The van der Waals surface area contributed by atoms with Gasteiger partial charge in [0.15, 0.2) is 5.96 Å². The van der Waals surface area contributed by atoms with E-state index < -0.39 is 66.4 Å². The third-order valence-electron chi connectivity index (χ3n) is 7.24. The Morgan fingerprint density at radius 3 is 1.92 bits per heavy atom. The highest BCUT2D eigenvalue weighted by Gasteiger charge is 2.30. The first-order chi connectivity index (χ1) is 23.7. The molecule has 2 rings (SSSR count). The second kappa shape index (κ2) is 21.3. The molecule has 0 heterocycles. The van der Waals surface area contributed by atoms with Crippen LogP contribution in [-0.2, 0) is 41.7 Å². The van der Waals surface area contributed by atoms with Crippen LogP contribution in [0.15, 0.2) is 60.7 Å². The molecule has 5 amide bonds. The van der Waals surface area contributed by atoms with Crippen LogP contribution < -0.4 is 37.6 Å². The smallest absolute Gasteiger partial charge is 0.408 e. The van der Waals surface area contributed by atoms with Gasteiger partial charge < -0.3 is 47.5 Å². The summed E-state index contributed by atoms with van der Waals surface area (Å²) in [5, 5.41) is 32.0. The van der Waals surface area contributed by atoms with Crippen LogP contribution in [0.25, 0.3) is 0 Å². The van der Waals surface area contributed by atoms with Crippen molar-refractivity contribution in [3.8, 4) is 0 Å². The number of nitrogens with one attached hydrogen (secondary N) is 7. The number of benzene rings is 2. The molecule has 0 unspecified atom stereocenters. The minimum atomic E-state index is -1.26. The molecule has 0 saturated heterocycles. The number of ether oxygens (including phenoxy) is 1. The molecule has 0 radical (unpaired) electrons. The number of rotatable bonds is 20. The van der Waals surface area contributed by atoms with Crippen LogP contribution in [0.4, 0.5) is 4.79 Å². The van der Waals surface area contributed by atoms with E-state index in [1.54, 1.807) is 54.6 Å². The third kappa shape index (κ3) is 16.0. The number of hydrogen-bond donors (Lipinski definition) is 9. The first-order valence-electron chi connectivity index (χ1n) is 16.2. The van der Waals surface area contributed by atoms with Gasteiger partial charge in [0.2, 0.25) is 23.6 Å². The van der Waals surface area contributed by atoms with Crippen molar-refractivity contribution in [3.05, 3.63) is 71.8 Å². The van der Waals surface area contributed by atoms with E-state index in [1.165, 1.54) is 6.92 Å². The first kappa shape index (κ1) is 40.5. The monoisotopic (exact) mass is 696 g/mol. The van der Waals surface area contributed by atoms with Crippen molar-refractivity contribution in [3.63, 3.8) is 0 Å². The van der Waals surface area contributed by atoms with Gasteiger partial charge in [0.1, 0.15) is 30.8 Å². The maximum atomic E-state index is 13.6. The van der Waals surface area contributed by atoms with Crippen LogP contribution in [0.3, 0.4) is 0 Å². The van der Waals surface area contributed by atoms with Gasteiger partial charge in [-0.2, -0.15) is 0 Å². The van der Waals surface area contributed by atoms with E-state index in [4.69, 9.17) is 15.9 Å². The Balaban J connectivity index is 2.04. The lowest BCUT2D eigenvalue weighted by molar-refractivity contribution is -0.142. The van der Waals surface area contributed by atoms with Crippen LogP contribution in [0.2, 0.25) is 0 Å². The Kier molecular flexibility index (Phi) is 17.3. The van der Waals surface area contributed by atoms with Crippen molar-refractivity contribution in [2.24, 2.45) is 11.7 Å². The predicted octanol–water partition coefficient (Wildman–Crippen LogP) is 0.509. The molecule has 0 aliphatic rings. The Bertz CT molecular complexity index is 1440. The number of nitrogens with two attached hydrogens (primary N) is 1. The number of carbonyl (C=O) groups is 6. The highest BCUT2D eigenvalue weighted by atomic mass is 16.5. The molecule has 0 aliphatic heterocycles. The summed E-state index contributed by atoms with van der Waals surface area (Å²) < 4.78 is 5.12. The fourth-order valence-electron chi connectivity index (χ4n) is 4.67. The normalized spacial score (nSPS) is 13.0. The second-order valence-electron chi connectivity index (χ2n) is 12.0. The van der Waals surface area contributed by atoms with Crippen LogP contribution in [-0.4, -0.2) is 84.0 Å². The van der Waals surface area contributed by atoms with Gasteiger partial charge in [-0.05, 0) is 43.2 Å². The summed E-state index contributed by atoms with van der Waals surface area (Å²) in [7, 11) is 0. The largest absolute Gasteiger partial charge is 0.480 e. The Morgan fingerprint density at radius 2 is 1.34 bits per heavy atom. The van der Waals surface area contributed by atoms with Crippen molar-refractivity contribution in [2.75, 3.05) is 13.1 Å². The zero-order valence-corrected chi connectivity index (χ0v) is 28.5. The van der Waals surface area contributed by atoms with E-state index in [9.17, 15) is 33.9 Å². The number of hydrogen-bond acceptors (Lipinski definition) is 8. The molecule has 0 fully saturated rings. The van der Waals surface area contributed by atoms with Crippen LogP contribution >= 0.6 is 0 Å². The van der Waals surface area contributed by atoms with Gasteiger partial charge >= 0.3 is 12.1 Å². The number of carboxylic acids is 1. The van der Waals surface area contributed by atoms with Gasteiger partial charge in [0.25, 0.3) is 0 Å². The molecule has 10 N–H and O–H groups in total. The fraction of sp³-hybridized carbons (Fsp3) is 0.441. The minimum Gasteiger partial charge on any atom is -0.480 e. The van der Waals surface area contributed by atoms with Crippen molar-refractivity contribution in [1.29, 1.82) is 5.41 Å². The number of guanidine groups is 1. The maximum absolute atomic E-state index is 13.6. The second-order valence-corrected chi connectivity index (χ2v) is 12.0. The lowest BCUT2D eigenvalue weighted by Gasteiger charge is -2.26. The molecule has 0 aromatic heterocycles. The number of amides is 5. The Hall–Kier alpha value is -5.67. The van der Waals surface area contributed by atoms with Crippen molar-refractivity contribution in [2.45, 2.75) is 77.2 Å². The van der Waals surface area contributed by atoms with Gasteiger partial charge in [0.05, 0.1) is 6.54 Å². The summed E-state index contributed by atoms with van der Waals surface area (Å²) in [4.78, 5) is 76.4. The zero-order chi connectivity index (χ0) is 37.1. The summed E-state index contributed by atoms with van der Waals surface area (Å²) in [6.45, 7) is 4.81. The quantitative estimate of drug-likeness (QED) is 0.0527. The maximum Gasteiger partial charge on any atom is 0.408 e. The lowest BCUT2D eigenvalue weighted by atomic mass is 10.0. The number of alkyl carbamates (subject to hydrolysis) is 1. The molecule has 2 aromatic rings. The van der Waals surface area contributed by atoms with Crippen LogP contribution in [0, 0.1) is 11.3 Å². The first-order valence-corrected chi connectivity index (χ1v) is 16.2. The molecule has 2 aromatic carbocycles. The highest BCUT2D eigenvalue weighted by molar-refractivity contribution is 5.94. The zero-order valence-electron chi connectivity index (χ0n) is 28.5. The lowest BCUT2D eigenvalue weighted by Crippen LogP contribution is -2.57. The van der Waals surface area contributed by atoms with E-state index in [1.807, 2.05) is 19.9 Å². The van der Waals surface area contributed by atoms with Gasteiger partial charge in [-0.15, -0.1) is 0 Å². The molecule has 0 aliphatic carbocycles. The van der Waals surface area contributed by atoms with E-state index in [2.05, 4.69) is 31.9 Å². The summed E-state index contributed by atoms with van der Waals surface area (Å²) in [5.74, 6) is -4.37. The highest BCUT2D eigenvalue weighted by Crippen LogP contribution is 2.09. The summed E-state index contributed by atoms with van der Waals surface area (Å²) in [6.07, 6.45) is -0.247. The number of carboxylic acid groups (broad SMARTS) is 1.